The van der Waals surface area contributed by atoms with E-state index in [1.807, 2.05) is 24.3 Å². The predicted molar refractivity (Wildman–Crippen MR) is 112 cm³/mol. The molecule has 0 aliphatic carbocycles. The maximum absolute atomic E-state index is 13.4. The SMILES string of the molecule is C[C@H]1CCCN(Cc2ccccc2CNC(=O)C(=O)N(C)c2ccc(F)c(F)c2)C1. The van der Waals surface area contributed by atoms with Gasteiger partial charge in [-0.2, -0.15) is 0 Å². The maximum Gasteiger partial charge on any atom is 0.316 e. The molecule has 0 saturated carbocycles. The molecule has 3 rings (SSSR count). The minimum atomic E-state index is -1.08. The highest BCUT2D eigenvalue weighted by molar-refractivity contribution is 6.40. The number of likely N-dealkylation sites (tertiary alicyclic amines) is 1. The molecule has 1 heterocycles. The number of anilines is 1. The minimum absolute atomic E-state index is 0.105. The largest absolute Gasteiger partial charge is 0.344 e. The van der Waals surface area contributed by atoms with Gasteiger partial charge in [-0.25, -0.2) is 8.78 Å². The molecule has 0 radical (unpaired) electrons. The molecule has 0 aromatic heterocycles. The molecule has 1 N–H and O–H groups in total. The van der Waals surface area contributed by atoms with Gasteiger partial charge in [-0.05, 0) is 48.6 Å². The van der Waals surface area contributed by atoms with Crippen LogP contribution in [0.15, 0.2) is 42.5 Å². The first kappa shape index (κ1) is 21.9. The summed E-state index contributed by atoms with van der Waals surface area (Å²) < 4.78 is 26.5. The van der Waals surface area contributed by atoms with Crippen LogP contribution in [0.4, 0.5) is 14.5 Å². The first-order valence-corrected chi connectivity index (χ1v) is 10.1. The van der Waals surface area contributed by atoms with E-state index >= 15 is 0 Å². The summed E-state index contributed by atoms with van der Waals surface area (Å²) in [6, 6.07) is 10.9. The third-order valence-electron chi connectivity index (χ3n) is 5.48. The molecule has 1 saturated heterocycles. The Morgan fingerprint density at radius 1 is 1.13 bits per heavy atom. The molecule has 7 heteroatoms. The smallest absolute Gasteiger partial charge is 0.316 e. The molecule has 5 nitrogen and oxygen atoms in total. The Kier molecular flexibility index (Phi) is 7.15. The van der Waals surface area contributed by atoms with Gasteiger partial charge < -0.3 is 10.2 Å². The van der Waals surface area contributed by atoms with Crippen LogP contribution in [0.3, 0.4) is 0 Å². The van der Waals surface area contributed by atoms with E-state index < -0.39 is 23.4 Å². The summed E-state index contributed by atoms with van der Waals surface area (Å²) in [5, 5.41) is 2.65. The van der Waals surface area contributed by atoms with Crippen molar-refractivity contribution in [2.24, 2.45) is 5.92 Å². The summed E-state index contributed by atoms with van der Waals surface area (Å²) in [5.74, 6) is -3.06. The van der Waals surface area contributed by atoms with Crippen molar-refractivity contribution in [2.45, 2.75) is 32.9 Å². The summed E-state index contributed by atoms with van der Waals surface area (Å²) in [4.78, 5) is 28.1. The van der Waals surface area contributed by atoms with E-state index in [9.17, 15) is 18.4 Å². The molecule has 1 atom stereocenters. The van der Waals surface area contributed by atoms with Crippen molar-refractivity contribution < 1.29 is 18.4 Å². The van der Waals surface area contributed by atoms with Crippen molar-refractivity contribution in [3.8, 4) is 0 Å². The van der Waals surface area contributed by atoms with Crippen molar-refractivity contribution in [1.29, 1.82) is 0 Å². The Morgan fingerprint density at radius 3 is 2.57 bits per heavy atom. The van der Waals surface area contributed by atoms with Crippen LogP contribution in [-0.4, -0.2) is 36.9 Å². The van der Waals surface area contributed by atoms with E-state index in [-0.39, 0.29) is 12.2 Å². The van der Waals surface area contributed by atoms with Gasteiger partial charge in [0.2, 0.25) is 0 Å². The quantitative estimate of drug-likeness (QED) is 0.761. The van der Waals surface area contributed by atoms with Gasteiger partial charge in [-0.15, -0.1) is 0 Å². The lowest BCUT2D eigenvalue weighted by atomic mass is 9.99. The Bertz CT molecular complexity index is 919. The van der Waals surface area contributed by atoms with E-state index in [1.54, 1.807) is 0 Å². The van der Waals surface area contributed by atoms with Crippen molar-refractivity contribution >= 4 is 17.5 Å². The molecule has 2 aromatic rings. The second-order valence-corrected chi connectivity index (χ2v) is 7.90. The van der Waals surface area contributed by atoms with Crippen molar-refractivity contribution in [3.05, 3.63) is 65.2 Å². The lowest BCUT2D eigenvalue weighted by molar-refractivity contribution is -0.137. The minimum Gasteiger partial charge on any atom is -0.344 e. The second kappa shape index (κ2) is 9.80. The van der Waals surface area contributed by atoms with Crippen LogP contribution in [0.1, 0.15) is 30.9 Å². The summed E-state index contributed by atoms with van der Waals surface area (Å²) in [6.07, 6.45) is 2.44. The van der Waals surface area contributed by atoms with Crippen molar-refractivity contribution in [2.75, 3.05) is 25.0 Å². The van der Waals surface area contributed by atoms with Crippen molar-refractivity contribution in [1.82, 2.24) is 10.2 Å². The molecule has 1 aliphatic heterocycles. The fourth-order valence-electron chi connectivity index (χ4n) is 3.77. The molecule has 0 bridgehead atoms. The molecule has 2 amide bonds. The lowest BCUT2D eigenvalue weighted by Crippen LogP contribution is -2.41. The normalized spacial score (nSPS) is 16.9. The number of nitrogens with one attached hydrogen (secondary N) is 1. The number of piperidine rings is 1. The molecule has 2 aromatic carbocycles. The molecule has 1 aliphatic rings. The second-order valence-electron chi connectivity index (χ2n) is 7.90. The number of halogens is 2. The fraction of sp³-hybridized carbons (Fsp3) is 0.391. The number of amides is 2. The monoisotopic (exact) mass is 415 g/mol. The first-order chi connectivity index (χ1) is 14.3. The average Bonchev–Trinajstić information content (AvgIpc) is 2.74. The first-order valence-electron chi connectivity index (χ1n) is 10.1. The number of nitrogens with zero attached hydrogens (tertiary/aromatic N) is 2. The van der Waals surface area contributed by atoms with Gasteiger partial charge in [0.05, 0.1) is 0 Å². The van der Waals surface area contributed by atoms with Crippen LogP contribution in [0.5, 0.6) is 0 Å². The lowest BCUT2D eigenvalue weighted by Gasteiger charge is -2.31. The van der Waals surface area contributed by atoms with Gasteiger partial charge in [0.1, 0.15) is 0 Å². The predicted octanol–water partition coefficient (Wildman–Crippen LogP) is 3.48. The number of hydrogen-bond acceptors (Lipinski definition) is 3. The third-order valence-corrected chi connectivity index (χ3v) is 5.48. The van der Waals surface area contributed by atoms with Gasteiger partial charge in [0, 0.05) is 38.4 Å². The standard InChI is InChI=1S/C23H27F2N3O2/c1-16-6-5-11-28(14-16)15-18-8-4-3-7-17(18)13-26-22(29)23(30)27(2)19-9-10-20(24)21(25)12-19/h3-4,7-10,12,16H,5-6,11,13-15H2,1-2H3,(H,26,29)/t16-/m0/s1. The molecule has 160 valence electrons. The summed E-state index contributed by atoms with van der Waals surface area (Å²) >= 11 is 0. The van der Waals surface area contributed by atoms with Crippen LogP contribution in [0, 0.1) is 17.6 Å². The zero-order valence-corrected chi connectivity index (χ0v) is 17.3. The van der Waals surface area contributed by atoms with Crippen LogP contribution < -0.4 is 10.2 Å². The number of rotatable bonds is 5. The van der Waals surface area contributed by atoms with E-state index in [0.29, 0.717) is 5.92 Å². The Balaban J connectivity index is 1.61. The molecular weight excluding hydrogens is 388 g/mol. The highest BCUT2D eigenvalue weighted by Gasteiger charge is 2.22. The fourth-order valence-corrected chi connectivity index (χ4v) is 3.77. The molecule has 0 unspecified atom stereocenters. The summed E-state index contributed by atoms with van der Waals surface area (Å²) in [5.41, 5.74) is 2.18. The Morgan fingerprint density at radius 2 is 1.87 bits per heavy atom. The maximum atomic E-state index is 13.4. The van der Waals surface area contributed by atoms with Crippen LogP contribution in [-0.2, 0) is 22.7 Å². The molecule has 30 heavy (non-hydrogen) atoms. The van der Waals surface area contributed by atoms with E-state index in [2.05, 4.69) is 17.1 Å². The Hall–Kier alpha value is -2.80. The summed E-state index contributed by atoms with van der Waals surface area (Å²) in [7, 11) is 1.35. The number of carbonyl (C=O) groups excluding carboxylic acids is 2. The average molecular weight is 415 g/mol. The topological polar surface area (TPSA) is 52.7 Å². The van der Waals surface area contributed by atoms with Gasteiger partial charge in [0.15, 0.2) is 11.6 Å². The van der Waals surface area contributed by atoms with Gasteiger partial charge in [-0.1, -0.05) is 31.2 Å². The zero-order chi connectivity index (χ0) is 21.7. The van der Waals surface area contributed by atoms with E-state index in [4.69, 9.17) is 0 Å². The number of hydrogen-bond donors (Lipinski definition) is 1. The molecule has 0 spiro atoms. The number of likely N-dealkylation sites (N-methyl/N-ethyl adjacent to an activating group) is 1. The summed E-state index contributed by atoms with van der Waals surface area (Å²) in [6.45, 7) is 5.39. The van der Waals surface area contributed by atoms with Gasteiger partial charge in [0.25, 0.3) is 0 Å². The van der Waals surface area contributed by atoms with E-state index in [0.717, 1.165) is 47.8 Å². The third kappa shape index (κ3) is 5.42. The molecule has 1 fully saturated rings. The Labute approximate surface area is 175 Å². The number of benzene rings is 2. The van der Waals surface area contributed by atoms with Crippen LogP contribution in [0.25, 0.3) is 0 Å². The van der Waals surface area contributed by atoms with E-state index in [1.165, 1.54) is 26.0 Å². The van der Waals surface area contributed by atoms with Crippen LogP contribution in [0.2, 0.25) is 0 Å². The van der Waals surface area contributed by atoms with Crippen molar-refractivity contribution in [3.63, 3.8) is 0 Å². The zero-order valence-electron chi connectivity index (χ0n) is 17.3. The van der Waals surface area contributed by atoms with Crippen LogP contribution >= 0.6 is 0 Å². The highest BCUT2D eigenvalue weighted by Crippen LogP contribution is 2.20. The van der Waals surface area contributed by atoms with Gasteiger partial charge >= 0.3 is 11.8 Å². The number of carbonyl (C=O) groups is 2. The molecular formula is C23H27F2N3O2. The highest BCUT2D eigenvalue weighted by atomic mass is 19.2. The van der Waals surface area contributed by atoms with Gasteiger partial charge in [-0.3, -0.25) is 14.5 Å².